The van der Waals surface area contributed by atoms with Crippen molar-refractivity contribution in [2.24, 2.45) is 0 Å². The minimum absolute atomic E-state index is 0.0586. The molecule has 0 aliphatic carbocycles. The molecule has 0 saturated carbocycles. The highest BCUT2D eigenvalue weighted by Gasteiger charge is 2.24. The van der Waals surface area contributed by atoms with E-state index in [0.29, 0.717) is 11.5 Å². The van der Waals surface area contributed by atoms with Gasteiger partial charge < -0.3 is 19.1 Å². The first-order valence-electron chi connectivity index (χ1n) is 5.91. The standard InChI is InChI=1S/C13H14ClNO5/c1-7(12(16)15(2)3)20-13(17)8-4-9(14)11-10(5-8)18-6-19-11/h4-5,7H,6H2,1-3H3/t7-/m1/s1. The fourth-order valence-corrected chi connectivity index (χ4v) is 1.99. The minimum Gasteiger partial charge on any atom is -0.454 e. The van der Waals surface area contributed by atoms with Gasteiger partial charge in [-0.1, -0.05) is 11.6 Å². The van der Waals surface area contributed by atoms with Gasteiger partial charge in [-0.3, -0.25) is 4.79 Å². The SMILES string of the molecule is C[C@@H](OC(=O)c1cc(Cl)c2c(c1)OCO2)C(=O)N(C)C. The van der Waals surface area contributed by atoms with Crippen LogP contribution in [0.1, 0.15) is 17.3 Å². The molecule has 0 spiro atoms. The molecule has 0 unspecified atom stereocenters. The maximum absolute atomic E-state index is 12.0. The zero-order chi connectivity index (χ0) is 14.9. The summed E-state index contributed by atoms with van der Waals surface area (Å²) in [5.41, 5.74) is 0.206. The van der Waals surface area contributed by atoms with Crippen LogP contribution in [0.15, 0.2) is 12.1 Å². The Morgan fingerprint density at radius 1 is 1.35 bits per heavy atom. The van der Waals surface area contributed by atoms with Gasteiger partial charge >= 0.3 is 5.97 Å². The highest BCUT2D eigenvalue weighted by atomic mass is 35.5. The Morgan fingerprint density at radius 2 is 2.05 bits per heavy atom. The van der Waals surface area contributed by atoms with E-state index in [1.807, 2.05) is 0 Å². The normalized spacial score (nSPS) is 13.8. The molecule has 0 radical (unpaired) electrons. The summed E-state index contributed by atoms with van der Waals surface area (Å²) >= 11 is 5.98. The summed E-state index contributed by atoms with van der Waals surface area (Å²) in [6.45, 7) is 1.57. The second-order valence-corrected chi connectivity index (χ2v) is 4.88. The molecule has 7 heteroatoms. The summed E-state index contributed by atoms with van der Waals surface area (Å²) in [6.07, 6.45) is -0.873. The third-order valence-electron chi connectivity index (χ3n) is 2.74. The van der Waals surface area contributed by atoms with Crippen molar-refractivity contribution in [3.63, 3.8) is 0 Å². The summed E-state index contributed by atoms with van der Waals surface area (Å²) in [4.78, 5) is 25.0. The zero-order valence-corrected chi connectivity index (χ0v) is 12.1. The van der Waals surface area contributed by atoms with E-state index in [-0.39, 0.29) is 23.3 Å². The van der Waals surface area contributed by atoms with Crippen LogP contribution in [-0.2, 0) is 9.53 Å². The Bertz CT molecular complexity index is 558. The second kappa shape index (κ2) is 5.58. The lowest BCUT2D eigenvalue weighted by atomic mass is 10.2. The maximum Gasteiger partial charge on any atom is 0.339 e. The number of amides is 1. The first kappa shape index (κ1) is 14.5. The third kappa shape index (κ3) is 2.80. The van der Waals surface area contributed by atoms with E-state index in [9.17, 15) is 9.59 Å². The highest BCUT2D eigenvalue weighted by Crippen LogP contribution is 2.39. The van der Waals surface area contributed by atoms with Gasteiger partial charge in [0.25, 0.3) is 5.91 Å². The van der Waals surface area contributed by atoms with Crippen molar-refractivity contribution in [1.82, 2.24) is 4.90 Å². The van der Waals surface area contributed by atoms with Crippen molar-refractivity contribution in [2.45, 2.75) is 13.0 Å². The molecule has 0 saturated heterocycles. The molecule has 1 atom stereocenters. The van der Waals surface area contributed by atoms with Crippen molar-refractivity contribution < 1.29 is 23.8 Å². The van der Waals surface area contributed by atoms with E-state index in [1.54, 1.807) is 14.1 Å². The summed E-state index contributed by atoms with van der Waals surface area (Å²) in [5, 5.41) is 0.263. The van der Waals surface area contributed by atoms with Crippen LogP contribution < -0.4 is 9.47 Å². The van der Waals surface area contributed by atoms with Gasteiger partial charge in [0.1, 0.15) is 0 Å². The van der Waals surface area contributed by atoms with Crippen molar-refractivity contribution in [2.75, 3.05) is 20.9 Å². The monoisotopic (exact) mass is 299 g/mol. The van der Waals surface area contributed by atoms with E-state index >= 15 is 0 Å². The lowest BCUT2D eigenvalue weighted by molar-refractivity contribution is -0.137. The van der Waals surface area contributed by atoms with Crippen molar-refractivity contribution >= 4 is 23.5 Å². The number of halogens is 1. The molecule has 1 aromatic carbocycles. The van der Waals surface area contributed by atoms with Crippen LogP contribution >= 0.6 is 11.6 Å². The largest absolute Gasteiger partial charge is 0.454 e. The molecule has 1 aromatic rings. The Kier molecular flexibility index (Phi) is 4.04. The number of carbonyl (C=O) groups excluding carboxylic acids is 2. The van der Waals surface area contributed by atoms with Crippen LogP contribution in [0, 0.1) is 0 Å². The van der Waals surface area contributed by atoms with Crippen LogP contribution in [0.4, 0.5) is 0 Å². The van der Waals surface area contributed by atoms with Gasteiger partial charge in [0, 0.05) is 14.1 Å². The fourth-order valence-electron chi connectivity index (χ4n) is 1.73. The topological polar surface area (TPSA) is 65.1 Å². The van der Waals surface area contributed by atoms with Crippen molar-refractivity contribution in [1.29, 1.82) is 0 Å². The van der Waals surface area contributed by atoms with E-state index < -0.39 is 12.1 Å². The lowest BCUT2D eigenvalue weighted by Crippen LogP contribution is -2.34. The Hall–Kier alpha value is -1.95. The number of nitrogens with zero attached hydrogens (tertiary/aromatic N) is 1. The number of hydrogen-bond donors (Lipinski definition) is 0. The minimum atomic E-state index is -0.873. The zero-order valence-electron chi connectivity index (χ0n) is 11.3. The average Bonchev–Trinajstić information content (AvgIpc) is 2.86. The Balaban J connectivity index is 2.14. The van der Waals surface area contributed by atoms with E-state index in [1.165, 1.54) is 24.0 Å². The van der Waals surface area contributed by atoms with Crippen molar-refractivity contribution in [3.05, 3.63) is 22.7 Å². The van der Waals surface area contributed by atoms with Crippen LogP contribution in [0.3, 0.4) is 0 Å². The number of hydrogen-bond acceptors (Lipinski definition) is 5. The first-order valence-corrected chi connectivity index (χ1v) is 6.29. The molecule has 2 rings (SSSR count). The molecule has 0 aromatic heterocycles. The number of rotatable bonds is 3. The summed E-state index contributed by atoms with van der Waals surface area (Å²) in [5.74, 6) is -0.158. The quantitative estimate of drug-likeness (QED) is 0.795. The number of ether oxygens (including phenoxy) is 3. The van der Waals surface area contributed by atoms with E-state index in [0.717, 1.165) is 0 Å². The predicted octanol–water partition coefficient (Wildman–Crippen LogP) is 1.70. The molecule has 0 N–H and O–H groups in total. The van der Waals surface area contributed by atoms with Crippen molar-refractivity contribution in [3.8, 4) is 11.5 Å². The maximum atomic E-state index is 12.0. The summed E-state index contributed by atoms with van der Waals surface area (Å²) in [7, 11) is 3.17. The van der Waals surface area contributed by atoms with Gasteiger partial charge in [0.2, 0.25) is 6.79 Å². The number of benzene rings is 1. The molecular formula is C13H14ClNO5. The first-order chi connectivity index (χ1) is 9.40. The summed E-state index contributed by atoms with van der Waals surface area (Å²) in [6, 6.07) is 2.90. The van der Waals surface area contributed by atoms with Crippen LogP contribution in [0.5, 0.6) is 11.5 Å². The molecule has 6 nitrogen and oxygen atoms in total. The third-order valence-corrected chi connectivity index (χ3v) is 3.02. The smallest absolute Gasteiger partial charge is 0.339 e. The molecule has 20 heavy (non-hydrogen) atoms. The van der Waals surface area contributed by atoms with Gasteiger partial charge in [0.05, 0.1) is 10.6 Å². The van der Waals surface area contributed by atoms with Gasteiger partial charge in [-0.25, -0.2) is 4.79 Å². The van der Waals surface area contributed by atoms with Gasteiger partial charge in [-0.15, -0.1) is 0 Å². The number of fused-ring (bicyclic) bond motifs is 1. The van der Waals surface area contributed by atoms with E-state index in [4.69, 9.17) is 25.8 Å². The molecule has 1 heterocycles. The fraction of sp³-hybridized carbons (Fsp3) is 0.385. The molecule has 108 valence electrons. The molecule has 1 aliphatic heterocycles. The van der Waals surface area contributed by atoms with Crippen LogP contribution in [0.2, 0.25) is 5.02 Å². The highest BCUT2D eigenvalue weighted by molar-refractivity contribution is 6.32. The summed E-state index contributed by atoms with van der Waals surface area (Å²) < 4.78 is 15.4. The lowest BCUT2D eigenvalue weighted by Gasteiger charge is -2.17. The van der Waals surface area contributed by atoms with Gasteiger partial charge in [0.15, 0.2) is 17.6 Å². The van der Waals surface area contributed by atoms with Crippen LogP contribution in [-0.4, -0.2) is 43.8 Å². The van der Waals surface area contributed by atoms with Gasteiger partial charge in [-0.2, -0.15) is 0 Å². The van der Waals surface area contributed by atoms with Crippen LogP contribution in [0.25, 0.3) is 0 Å². The number of likely N-dealkylation sites (N-methyl/N-ethyl adjacent to an activating group) is 1. The predicted molar refractivity (Wildman–Crippen MR) is 71.1 cm³/mol. The Morgan fingerprint density at radius 3 is 2.70 bits per heavy atom. The Labute approximate surface area is 121 Å². The molecule has 0 bridgehead atoms. The average molecular weight is 300 g/mol. The van der Waals surface area contributed by atoms with E-state index in [2.05, 4.69) is 0 Å². The van der Waals surface area contributed by atoms with Gasteiger partial charge in [-0.05, 0) is 19.1 Å². The number of esters is 1. The molecule has 1 amide bonds. The number of carbonyl (C=O) groups is 2. The molecule has 1 aliphatic rings. The molecular weight excluding hydrogens is 286 g/mol. The second-order valence-electron chi connectivity index (χ2n) is 4.47. The molecule has 0 fully saturated rings.